The van der Waals surface area contributed by atoms with E-state index >= 15 is 0 Å². The normalized spacial score (nSPS) is 19.2. The highest BCUT2D eigenvalue weighted by atomic mass is 16.6. The van der Waals surface area contributed by atoms with Crippen LogP contribution in [-0.4, -0.2) is 60.0 Å². The third kappa shape index (κ3) is 9.26. The number of nitrogens with zero attached hydrogens (tertiary/aromatic N) is 1. The summed E-state index contributed by atoms with van der Waals surface area (Å²) >= 11 is 0. The lowest BCUT2D eigenvalue weighted by molar-refractivity contribution is -0.134. The predicted molar refractivity (Wildman–Crippen MR) is 69.9 cm³/mol. The number of carbonyl (C=O) groups excluding carboxylic acids is 1. The Morgan fingerprint density at radius 3 is 2.42 bits per heavy atom. The average Bonchev–Trinajstić information content (AvgIpc) is 2.26. The number of rotatable bonds is 1. The maximum absolute atomic E-state index is 11.7. The molecule has 1 rings (SSSR count). The summed E-state index contributed by atoms with van der Waals surface area (Å²) in [6, 6.07) is 0. The molecule has 0 radical (unpaired) electrons. The van der Waals surface area contributed by atoms with E-state index in [0.717, 1.165) is 6.92 Å². The van der Waals surface area contributed by atoms with Crippen LogP contribution in [0.5, 0.6) is 0 Å². The standard InChI is InChI=1S/C10H20N2O3.C2H4O2/c1-10(2,3)15-9(13)12-4-5-14-8(6-11)7-12;1-2(3)4/h8H,4-7,11H2,1-3H3;1H3,(H,3,4). The van der Waals surface area contributed by atoms with Crippen molar-refractivity contribution in [2.24, 2.45) is 5.73 Å². The Morgan fingerprint density at radius 2 is 2.00 bits per heavy atom. The third-order valence-corrected chi connectivity index (χ3v) is 2.05. The molecular formula is C12H24N2O5. The van der Waals surface area contributed by atoms with Gasteiger partial charge in [-0.15, -0.1) is 0 Å². The van der Waals surface area contributed by atoms with Crippen molar-refractivity contribution in [1.29, 1.82) is 0 Å². The predicted octanol–water partition coefficient (Wildman–Crippen LogP) is 0.672. The quantitative estimate of drug-likeness (QED) is 0.730. The number of amides is 1. The van der Waals surface area contributed by atoms with E-state index in [9.17, 15) is 4.79 Å². The molecule has 1 aliphatic rings. The van der Waals surface area contributed by atoms with Gasteiger partial charge in [0, 0.05) is 20.0 Å². The number of carboxylic acid groups (broad SMARTS) is 1. The molecule has 1 atom stereocenters. The molecule has 7 heteroatoms. The first-order valence-electron chi connectivity index (χ1n) is 6.15. The summed E-state index contributed by atoms with van der Waals surface area (Å²) in [7, 11) is 0. The van der Waals surface area contributed by atoms with E-state index in [1.165, 1.54) is 0 Å². The molecule has 0 spiro atoms. The Morgan fingerprint density at radius 1 is 1.47 bits per heavy atom. The first kappa shape index (κ1) is 17.7. The van der Waals surface area contributed by atoms with Crippen molar-refractivity contribution >= 4 is 12.1 Å². The third-order valence-electron chi connectivity index (χ3n) is 2.05. The summed E-state index contributed by atoms with van der Waals surface area (Å²) in [5.41, 5.74) is 5.04. The fourth-order valence-corrected chi connectivity index (χ4v) is 1.35. The van der Waals surface area contributed by atoms with Crippen molar-refractivity contribution in [3.05, 3.63) is 0 Å². The van der Waals surface area contributed by atoms with Gasteiger partial charge in [0.1, 0.15) is 5.60 Å². The first-order chi connectivity index (χ1) is 8.65. The van der Waals surface area contributed by atoms with Crippen molar-refractivity contribution in [2.45, 2.75) is 39.4 Å². The summed E-state index contributed by atoms with van der Waals surface area (Å²) in [4.78, 5) is 22.3. The van der Waals surface area contributed by atoms with Crippen molar-refractivity contribution in [2.75, 3.05) is 26.2 Å². The highest BCUT2D eigenvalue weighted by Crippen LogP contribution is 2.12. The zero-order chi connectivity index (χ0) is 15.1. The van der Waals surface area contributed by atoms with Crippen LogP contribution in [0.15, 0.2) is 0 Å². The van der Waals surface area contributed by atoms with Crippen LogP contribution in [0.2, 0.25) is 0 Å². The Hall–Kier alpha value is -1.34. The van der Waals surface area contributed by atoms with Gasteiger partial charge in [-0.2, -0.15) is 0 Å². The molecule has 1 saturated heterocycles. The fourth-order valence-electron chi connectivity index (χ4n) is 1.35. The number of hydrogen-bond donors (Lipinski definition) is 2. The van der Waals surface area contributed by atoms with Crippen LogP contribution in [0.4, 0.5) is 4.79 Å². The Bertz CT molecular complexity index is 297. The van der Waals surface area contributed by atoms with E-state index in [-0.39, 0.29) is 12.2 Å². The minimum atomic E-state index is -0.833. The molecule has 1 amide bonds. The smallest absolute Gasteiger partial charge is 0.410 e. The van der Waals surface area contributed by atoms with E-state index in [4.69, 9.17) is 25.1 Å². The van der Waals surface area contributed by atoms with Gasteiger partial charge in [-0.1, -0.05) is 0 Å². The molecule has 112 valence electrons. The van der Waals surface area contributed by atoms with E-state index in [2.05, 4.69) is 0 Å². The molecular weight excluding hydrogens is 252 g/mol. The van der Waals surface area contributed by atoms with Gasteiger partial charge in [-0.25, -0.2) is 4.79 Å². The molecule has 1 heterocycles. The largest absolute Gasteiger partial charge is 0.481 e. The number of hydrogen-bond acceptors (Lipinski definition) is 5. The topological polar surface area (TPSA) is 102 Å². The summed E-state index contributed by atoms with van der Waals surface area (Å²) in [6.07, 6.45) is -0.351. The molecule has 0 aromatic heterocycles. The number of carbonyl (C=O) groups is 2. The highest BCUT2D eigenvalue weighted by molar-refractivity contribution is 5.68. The SMILES string of the molecule is CC(=O)O.CC(C)(C)OC(=O)N1CCOC(CN)C1. The van der Waals surface area contributed by atoms with Crippen LogP contribution >= 0.6 is 0 Å². The molecule has 1 unspecified atom stereocenters. The highest BCUT2D eigenvalue weighted by Gasteiger charge is 2.27. The molecule has 0 saturated carbocycles. The van der Waals surface area contributed by atoms with Crippen LogP contribution in [0.1, 0.15) is 27.7 Å². The summed E-state index contributed by atoms with van der Waals surface area (Å²) in [5.74, 6) is -0.833. The van der Waals surface area contributed by atoms with E-state index < -0.39 is 11.6 Å². The minimum Gasteiger partial charge on any atom is -0.481 e. The molecule has 7 nitrogen and oxygen atoms in total. The molecule has 3 N–H and O–H groups in total. The van der Waals surface area contributed by atoms with Gasteiger partial charge < -0.3 is 25.2 Å². The van der Waals surface area contributed by atoms with Gasteiger partial charge in [-0.05, 0) is 20.8 Å². The van der Waals surface area contributed by atoms with Crippen LogP contribution in [-0.2, 0) is 14.3 Å². The second kappa shape index (κ2) is 7.96. The van der Waals surface area contributed by atoms with Crippen LogP contribution in [0.25, 0.3) is 0 Å². The number of carboxylic acids is 1. The van der Waals surface area contributed by atoms with Crippen LogP contribution in [0, 0.1) is 0 Å². The van der Waals surface area contributed by atoms with Gasteiger partial charge in [0.15, 0.2) is 0 Å². The maximum Gasteiger partial charge on any atom is 0.410 e. The summed E-state index contributed by atoms with van der Waals surface area (Å²) in [6.45, 7) is 8.69. The molecule has 0 bridgehead atoms. The zero-order valence-corrected chi connectivity index (χ0v) is 12.0. The lowest BCUT2D eigenvalue weighted by Gasteiger charge is -2.33. The fraction of sp³-hybridized carbons (Fsp3) is 0.833. The number of nitrogens with two attached hydrogens (primary N) is 1. The zero-order valence-electron chi connectivity index (χ0n) is 12.0. The maximum atomic E-state index is 11.7. The minimum absolute atomic E-state index is 0.0636. The Labute approximate surface area is 113 Å². The molecule has 0 aliphatic carbocycles. The Balaban J connectivity index is 0.000000711. The van der Waals surface area contributed by atoms with Crippen LogP contribution in [0.3, 0.4) is 0 Å². The lowest BCUT2D eigenvalue weighted by Crippen LogP contribution is -2.49. The summed E-state index contributed by atoms with van der Waals surface area (Å²) in [5, 5.41) is 7.42. The summed E-state index contributed by atoms with van der Waals surface area (Å²) < 4.78 is 10.6. The Kier molecular flexibility index (Phi) is 7.40. The first-order valence-corrected chi connectivity index (χ1v) is 6.15. The van der Waals surface area contributed by atoms with Crippen molar-refractivity contribution in [3.63, 3.8) is 0 Å². The van der Waals surface area contributed by atoms with E-state index in [0.29, 0.717) is 26.2 Å². The number of morpholine rings is 1. The van der Waals surface area contributed by atoms with Crippen molar-refractivity contribution in [1.82, 2.24) is 4.90 Å². The van der Waals surface area contributed by atoms with Crippen molar-refractivity contribution in [3.8, 4) is 0 Å². The monoisotopic (exact) mass is 276 g/mol. The molecule has 1 fully saturated rings. The van der Waals surface area contributed by atoms with Gasteiger partial charge in [-0.3, -0.25) is 4.79 Å². The number of ether oxygens (including phenoxy) is 2. The molecule has 19 heavy (non-hydrogen) atoms. The lowest BCUT2D eigenvalue weighted by atomic mass is 10.2. The second-order valence-corrected chi connectivity index (χ2v) is 5.17. The van der Waals surface area contributed by atoms with E-state index in [1.807, 2.05) is 20.8 Å². The molecule has 1 aliphatic heterocycles. The van der Waals surface area contributed by atoms with Crippen LogP contribution < -0.4 is 5.73 Å². The van der Waals surface area contributed by atoms with E-state index in [1.54, 1.807) is 4.90 Å². The molecule has 0 aromatic rings. The van der Waals surface area contributed by atoms with Crippen molar-refractivity contribution < 1.29 is 24.2 Å². The number of aliphatic carboxylic acids is 1. The second-order valence-electron chi connectivity index (χ2n) is 5.17. The van der Waals surface area contributed by atoms with Gasteiger partial charge in [0.25, 0.3) is 5.97 Å². The average molecular weight is 276 g/mol. The molecule has 0 aromatic carbocycles. The van der Waals surface area contributed by atoms with Gasteiger partial charge >= 0.3 is 6.09 Å². The van der Waals surface area contributed by atoms with Gasteiger partial charge in [0.2, 0.25) is 0 Å². The van der Waals surface area contributed by atoms with Gasteiger partial charge in [0.05, 0.1) is 19.3 Å².